The number of rotatable bonds is 7. The fraction of sp³-hybridized carbons (Fsp3) is 0.381. The SMILES string of the molecule is O=S(=O)(NCc1cccnc1N1CCOCC1)C1=Cc2ccc(OC(F)F)cc2CC1. The van der Waals surface area contributed by atoms with E-state index in [9.17, 15) is 17.2 Å². The molecule has 1 aromatic carbocycles. The van der Waals surface area contributed by atoms with Gasteiger partial charge in [0.1, 0.15) is 11.6 Å². The molecule has 0 amide bonds. The zero-order valence-electron chi connectivity index (χ0n) is 16.8. The van der Waals surface area contributed by atoms with Crippen LogP contribution in [0.4, 0.5) is 14.6 Å². The summed E-state index contributed by atoms with van der Waals surface area (Å²) in [5.41, 5.74) is 2.25. The maximum atomic E-state index is 12.9. The summed E-state index contributed by atoms with van der Waals surface area (Å²) >= 11 is 0. The minimum atomic E-state index is -3.71. The first kappa shape index (κ1) is 21.7. The second kappa shape index (κ2) is 9.29. The molecule has 0 spiro atoms. The number of morpholine rings is 1. The van der Waals surface area contributed by atoms with E-state index in [0.29, 0.717) is 38.3 Å². The lowest BCUT2D eigenvalue weighted by Crippen LogP contribution is -2.38. The molecule has 1 fully saturated rings. The number of allylic oxidation sites excluding steroid dienone is 1. The van der Waals surface area contributed by atoms with Gasteiger partial charge in [0.2, 0.25) is 10.0 Å². The Morgan fingerprint density at radius 3 is 2.77 bits per heavy atom. The van der Waals surface area contributed by atoms with Gasteiger partial charge in [0.05, 0.1) is 18.1 Å². The number of aryl methyl sites for hydroxylation is 1. The van der Waals surface area contributed by atoms with Crippen LogP contribution >= 0.6 is 0 Å². The predicted octanol–water partition coefficient (Wildman–Crippen LogP) is 2.93. The van der Waals surface area contributed by atoms with E-state index in [1.54, 1.807) is 24.4 Å². The number of aromatic nitrogens is 1. The number of benzene rings is 1. The summed E-state index contributed by atoms with van der Waals surface area (Å²) < 4.78 is 63.1. The van der Waals surface area contributed by atoms with Crippen LogP contribution in [0.5, 0.6) is 5.75 Å². The highest BCUT2D eigenvalue weighted by molar-refractivity contribution is 7.93. The van der Waals surface area contributed by atoms with Gasteiger partial charge in [-0.3, -0.25) is 0 Å². The van der Waals surface area contributed by atoms with Crippen molar-refractivity contribution in [3.8, 4) is 5.75 Å². The second-order valence-corrected chi connectivity index (χ2v) is 9.08. The van der Waals surface area contributed by atoms with Gasteiger partial charge in [-0.2, -0.15) is 8.78 Å². The third-order valence-corrected chi connectivity index (χ3v) is 6.81. The zero-order chi connectivity index (χ0) is 21.8. The molecule has 1 N–H and O–H groups in total. The third kappa shape index (κ3) is 5.20. The number of halogens is 2. The Kier molecular flexibility index (Phi) is 6.49. The van der Waals surface area contributed by atoms with Crippen molar-refractivity contribution in [2.45, 2.75) is 26.0 Å². The van der Waals surface area contributed by atoms with Crippen LogP contribution in [0.25, 0.3) is 6.08 Å². The average molecular weight is 451 g/mol. The van der Waals surface area contributed by atoms with Crippen LogP contribution in [0, 0.1) is 0 Å². The van der Waals surface area contributed by atoms with E-state index in [4.69, 9.17) is 4.74 Å². The van der Waals surface area contributed by atoms with Crippen LogP contribution in [0.1, 0.15) is 23.1 Å². The van der Waals surface area contributed by atoms with Gasteiger partial charge in [-0.05, 0) is 48.2 Å². The molecule has 10 heteroatoms. The Morgan fingerprint density at radius 2 is 2.00 bits per heavy atom. The maximum Gasteiger partial charge on any atom is 0.387 e. The van der Waals surface area contributed by atoms with Crippen LogP contribution in [0.3, 0.4) is 0 Å². The van der Waals surface area contributed by atoms with Crippen molar-refractivity contribution in [1.29, 1.82) is 0 Å². The van der Waals surface area contributed by atoms with E-state index >= 15 is 0 Å². The smallest absolute Gasteiger partial charge is 0.387 e. The van der Waals surface area contributed by atoms with Crippen LogP contribution in [-0.4, -0.2) is 46.3 Å². The van der Waals surface area contributed by atoms with Gasteiger partial charge in [-0.15, -0.1) is 0 Å². The molecule has 2 heterocycles. The minimum Gasteiger partial charge on any atom is -0.435 e. The molecule has 0 atom stereocenters. The summed E-state index contributed by atoms with van der Waals surface area (Å²) in [6, 6.07) is 8.17. The van der Waals surface area contributed by atoms with Crippen molar-refractivity contribution in [3.05, 3.63) is 58.1 Å². The largest absolute Gasteiger partial charge is 0.435 e. The number of alkyl halides is 2. The Morgan fingerprint density at radius 1 is 1.19 bits per heavy atom. The van der Waals surface area contributed by atoms with Gasteiger partial charge in [0, 0.05) is 31.4 Å². The van der Waals surface area contributed by atoms with E-state index in [0.717, 1.165) is 16.9 Å². The number of sulfonamides is 1. The van der Waals surface area contributed by atoms with E-state index in [1.165, 1.54) is 12.1 Å². The van der Waals surface area contributed by atoms with E-state index in [1.807, 2.05) is 6.07 Å². The van der Waals surface area contributed by atoms with Gasteiger partial charge >= 0.3 is 6.61 Å². The first-order valence-corrected chi connectivity index (χ1v) is 11.5. The first-order valence-electron chi connectivity index (χ1n) is 9.97. The molecular weight excluding hydrogens is 428 g/mol. The highest BCUT2D eigenvalue weighted by Crippen LogP contribution is 2.30. The summed E-state index contributed by atoms with van der Waals surface area (Å²) in [6.45, 7) is -0.150. The number of anilines is 1. The minimum absolute atomic E-state index is 0.0683. The lowest BCUT2D eigenvalue weighted by Gasteiger charge is -2.29. The van der Waals surface area contributed by atoms with Crippen molar-refractivity contribution in [1.82, 2.24) is 9.71 Å². The fourth-order valence-corrected chi connectivity index (χ4v) is 4.91. The highest BCUT2D eigenvalue weighted by atomic mass is 32.2. The number of fused-ring (bicyclic) bond motifs is 1. The summed E-state index contributed by atoms with van der Waals surface area (Å²) in [5.74, 6) is 0.821. The van der Waals surface area contributed by atoms with Gasteiger partial charge in [0.25, 0.3) is 0 Å². The normalized spacial score (nSPS) is 16.7. The van der Waals surface area contributed by atoms with Gasteiger partial charge in [-0.1, -0.05) is 12.1 Å². The molecule has 4 rings (SSSR count). The van der Waals surface area contributed by atoms with Gasteiger partial charge < -0.3 is 14.4 Å². The number of pyridine rings is 1. The lowest BCUT2D eigenvalue weighted by molar-refractivity contribution is -0.0498. The Balaban J connectivity index is 1.48. The molecule has 166 valence electrons. The zero-order valence-corrected chi connectivity index (χ0v) is 17.6. The highest BCUT2D eigenvalue weighted by Gasteiger charge is 2.23. The molecule has 2 aromatic rings. The van der Waals surface area contributed by atoms with Crippen molar-refractivity contribution < 1.29 is 26.7 Å². The van der Waals surface area contributed by atoms with E-state index in [2.05, 4.69) is 19.3 Å². The Labute approximate surface area is 179 Å². The summed E-state index contributed by atoms with van der Waals surface area (Å²) in [6.07, 6.45) is 3.98. The molecule has 1 saturated heterocycles. The molecule has 0 bridgehead atoms. The number of ether oxygens (including phenoxy) is 2. The summed E-state index contributed by atoms with van der Waals surface area (Å²) in [4.78, 5) is 6.78. The predicted molar refractivity (Wildman–Crippen MR) is 112 cm³/mol. The van der Waals surface area contributed by atoms with Crippen LogP contribution in [0.2, 0.25) is 0 Å². The quantitative estimate of drug-likeness (QED) is 0.697. The van der Waals surface area contributed by atoms with Crippen LogP contribution in [0.15, 0.2) is 41.4 Å². The molecule has 2 aliphatic rings. The molecule has 1 aliphatic carbocycles. The number of hydrogen-bond donors (Lipinski definition) is 1. The Hall–Kier alpha value is -2.56. The lowest BCUT2D eigenvalue weighted by atomic mass is 9.97. The molecule has 0 unspecified atom stereocenters. The molecule has 0 radical (unpaired) electrons. The van der Waals surface area contributed by atoms with Crippen molar-refractivity contribution >= 4 is 21.9 Å². The van der Waals surface area contributed by atoms with Crippen LogP contribution in [-0.2, 0) is 27.7 Å². The van der Waals surface area contributed by atoms with E-state index in [-0.39, 0.29) is 23.6 Å². The number of hydrogen-bond acceptors (Lipinski definition) is 6. The first-order chi connectivity index (χ1) is 14.9. The summed E-state index contributed by atoms with van der Waals surface area (Å²) in [7, 11) is -3.71. The number of nitrogens with one attached hydrogen (secondary N) is 1. The standard InChI is InChI=1S/C21H23F2N3O4S/c22-21(23)30-18-5-3-16-13-19(6-4-15(16)12-18)31(27,28)25-14-17-2-1-7-24-20(17)26-8-10-29-11-9-26/h1-3,5,7,12-13,21,25H,4,6,8-11,14H2. The third-order valence-electron chi connectivity index (χ3n) is 5.27. The average Bonchev–Trinajstić information content (AvgIpc) is 2.78. The fourth-order valence-electron chi connectivity index (χ4n) is 3.72. The van der Waals surface area contributed by atoms with Crippen molar-refractivity contribution in [3.63, 3.8) is 0 Å². The summed E-state index contributed by atoms with van der Waals surface area (Å²) in [5, 5.41) is 0. The molecular formula is C21H23F2N3O4S. The second-order valence-electron chi connectivity index (χ2n) is 7.26. The molecule has 1 aromatic heterocycles. The molecule has 31 heavy (non-hydrogen) atoms. The van der Waals surface area contributed by atoms with Crippen LogP contribution < -0.4 is 14.4 Å². The van der Waals surface area contributed by atoms with E-state index < -0.39 is 16.6 Å². The topological polar surface area (TPSA) is 80.8 Å². The Bertz CT molecular complexity index is 1070. The van der Waals surface area contributed by atoms with Gasteiger partial charge in [0.15, 0.2) is 0 Å². The number of nitrogens with zero attached hydrogens (tertiary/aromatic N) is 2. The van der Waals surface area contributed by atoms with Crippen molar-refractivity contribution in [2.24, 2.45) is 0 Å². The maximum absolute atomic E-state index is 12.9. The van der Waals surface area contributed by atoms with Crippen molar-refractivity contribution in [2.75, 3.05) is 31.2 Å². The monoisotopic (exact) mass is 451 g/mol. The van der Waals surface area contributed by atoms with Gasteiger partial charge in [-0.25, -0.2) is 18.1 Å². The molecule has 1 aliphatic heterocycles. The molecule has 7 nitrogen and oxygen atoms in total. The molecule has 0 saturated carbocycles.